The van der Waals surface area contributed by atoms with E-state index in [1.165, 1.54) is 0 Å². The van der Waals surface area contributed by atoms with E-state index in [9.17, 15) is 13.2 Å². The van der Waals surface area contributed by atoms with Gasteiger partial charge in [0.25, 0.3) is 0 Å². The highest BCUT2D eigenvalue weighted by Crippen LogP contribution is 2.30. The zero-order chi connectivity index (χ0) is 13.5. The largest absolute Gasteiger partial charge is 0.393 e. The van der Waals surface area contributed by atoms with Crippen LogP contribution in [0.15, 0.2) is 16.6 Å². The molecule has 0 fully saturated rings. The van der Waals surface area contributed by atoms with E-state index >= 15 is 0 Å². The van der Waals surface area contributed by atoms with Gasteiger partial charge in [0.15, 0.2) is 0 Å². The van der Waals surface area contributed by atoms with Crippen LogP contribution in [0, 0.1) is 0 Å². The van der Waals surface area contributed by atoms with Crippen molar-refractivity contribution in [1.82, 2.24) is 9.55 Å². The summed E-state index contributed by atoms with van der Waals surface area (Å²) in [6, 6.07) is 3.20. The third-order valence-electron chi connectivity index (χ3n) is 2.85. The first-order valence-corrected chi connectivity index (χ1v) is 6.31. The molecule has 2 nitrogen and oxygen atoms in total. The van der Waals surface area contributed by atoms with Gasteiger partial charge in [0.05, 0.1) is 17.5 Å². The Hall–Kier alpha value is -1.04. The van der Waals surface area contributed by atoms with Gasteiger partial charge in [0, 0.05) is 17.9 Å². The van der Waals surface area contributed by atoms with Gasteiger partial charge in [0.2, 0.25) is 0 Å². The number of imidazole rings is 1. The zero-order valence-corrected chi connectivity index (χ0v) is 11.6. The standard InChI is InChI=1S/C12H12BrF3N2/c1-3-11-17-9-5-8(13)7(6-12(14,15)16)4-10(9)18(11)2/h4-5H,3,6H2,1-2H3. The maximum Gasteiger partial charge on any atom is 0.393 e. The van der Waals surface area contributed by atoms with E-state index in [0.29, 0.717) is 9.99 Å². The van der Waals surface area contributed by atoms with Gasteiger partial charge in [-0.2, -0.15) is 13.2 Å². The molecule has 2 rings (SSSR count). The van der Waals surface area contributed by atoms with E-state index in [-0.39, 0.29) is 5.56 Å². The minimum atomic E-state index is -4.21. The topological polar surface area (TPSA) is 17.8 Å². The summed E-state index contributed by atoms with van der Waals surface area (Å²) < 4.78 is 39.6. The monoisotopic (exact) mass is 320 g/mol. The van der Waals surface area contributed by atoms with E-state index in [1.54, 1.807) is 12.1 Å². The van der Waals surface area contributed by atoms with Crippen molar-refractivity contribution in [1.29, 1.82) is 0 Å². The lowest BCUT2D eigenvalue weighted by Gasteiger charge is -2.09. The van der Waals surface area contributed by atoms with Crippen molar-refractivity contribution in [3.8, 4) is 0 Å². The number of aromatic nitrogens is 2. The molecule has 0 spiro atoms. The van der Waals surface area contributed by atoms with Gasteiger partial charge < -0.3 is 4.57 Å². The highest BCUT2D eigenvalue weighted by Gasteiger charge is 2.29. The molecule has 98 valence electrons. The quantitative estimate of drug-likeness (QED) is 0.817. The molecular weight excluding hydrogens is 309 g/mol. The van der Waals surface area contributed by atoms with Crippen molar-refractivity contribution in [2.24, 2.45) is 7.05 Å². The second-order valence-corrected chi connectivity index (χ2v) is 5.02. The molecule has 2 aromatic rings. The SMILES string of the molecule is CCc1nc2cc(Br)c(CC(F)(F)F)cc2n1C. The summed E-state index contributed by atoms with van der Waals surface area (Å²) in [5.74, 6) is 0.862. The third kappa shape index (κ3) is 2.53. The second-order valence-electron chi connectivity index (χ2n) is 4.16. The number of hydrogen-bond donors (Lipinski definition) is 0. The first kappa shape index (κ1) is 13.4. The highest BCUT2D eigenvalue weighted by molar-refractivity contribution is 9.10. The average Bonchev–Trinajstić information content (AvgIpc) is 2.54. The predicted molar refractivity (Wildman–Crippen MR) is 67.6 cm³/mol. The molecule has 6 heteroatoms. The summed E-state index contributed by atoms with van der Waals surface area (Å²) in [5.41, 5.74) is 1.68. The number of alkyl halides is 3. The van der Waals surface area contributed by atoms with Crippen LogP contribution in [0.25, 0.3) is 11.0 Å². The van der Waals surface area contributed by atoms with Crippen molar-refractivity contribution in [3.63, 3.8) is 0 Å². The van der Waals surface area contributed by atoms with Crippen molar-refractivity contribution < 1.29 is 13.2 Å². The van der Waals surface area contributed by atoms with Crippen LogP contribution in [-0.4, -0.2) is 15.7 Å². The Balaban J connectivity index is 2.56. The van der Waals surface area contributed by atoms with Crippen LogP contribution in [0.1, 0.15) is 18.3 Å². The molecule has 0 aliphatic heterocycles. The summed E-state index contributed by atoms with van der Waals surface area (Å²) >= 11 is 3.18. The molecule has 0 saturated carbocycles. The summed E-state index contributed by atoms with van der Waals surface area (Å²) in [6.45, 7) is 1.97. The van der Waals surface area contributed by atoms with E-state index in [0.717, 1.165) is 17.8 Å². The molecule has 0 aliphatic carbocycles. The van der Waals surface area contributed by atoms with E-state index in [1.807, 2.05) is 18.5 Å². The van der Waals surface area contributed by atoms with E-state index < -0.39 is 12.6 Å². The number of nitrogens with zero attached hydrogens (tertiary/aromatic N) is 2. The Morgan fingerprint density at radius 1 is 1.33 bits per heavy atom. The summed E-state index contributed by atoms with van der Waals surface area (Å²) in [7, 11) is 1.82. The van der Waals surface area contributed by atoms with Crippen molar-refractivity contribution in [2.45, 2.75) is 25.9 Å². The minimum Gasteiger partial charge on any atom is -0.331 e. The molecule has 1 aromatic heterocycles. The second kappa shape index (κ2) is 4.57. The van der Waals surface area contributed by atoms with Crippen LogP contribution in [-0.2, 0) is 19.9 Å². The Labute approximate surface area is 111 Å². The van der Waals surface area contributed by atoms with Gasteiger partial charge in [-0.25, -0.2) is 4.98 Å². The maximum atomic E-state index is 12.5. The predicted octanol–water partition coefficient (Wildman–Crippen LogP) is 4.00. The van der Waals surface area contributed by atoms with Crippen LogP contribution >= 0.6 is 15.9 Å². The van der Waals surface area contributed by atoms with Crippen molar-refractivity contribution >= 4 is 27.0 Å². The lowest BCUT2D eigenvalue weighted by Crippen LogP contribution is -2.12. The number of aryl methyl sites for hydroxylation is 2. The fourth-order valence-electron chi connectivity index (χ4n) is 1.97. The van der Waals surface area contributed by atoms with Crippen LogP contribution in [0.3, 0.4) is 0 Å². The van der Waals surface area contributed by atoms with Gasteiger partial charge in [-0.3, -0.25) is 0 Å². The molecule has 0 N–H and O–H groups in total. The Bertz CT molecular complexity index is 587. The summed E-state index contributed by atoms with van der Waals surface area (Å²) in [5, 5.41) is 0. The Morgan fingerprint density at radius 2 is 2.00 bits per heavy atom. The van der Waals surface area contributed by atoms with Gasteiger partial charge >= 0.3 is 6.18 Å². The molecule has 0 saturated heterocycles. The van der Waals surface area contributed by atoms with Crippen molar-refractivity contribution in [2.75, 3.05) is 0 Å². The molecule has 18 heavy (non-hydrogen) atoms. The molecular formula is C12H12BrF3N2. The molecule has 0 atom stereocenters. The van der Waals surface area contributed by atoms with Crippen LogP contribution in [0.2, 0.25) is 0 Å². The fraction of sp³-hybridized carbons (Fsp3) is 0.417. The number of benzene rings is 1. The fourth-order valence-corrected chi connectivity index (χ4v) is 2.44. The normalized spacial score (nSPS) is 12.3. The first-order chi connectivity index (χ1) is 8.31. The number of fused-ring (bicyclic) bond motifs is 1. The van der Waals surface area contributed by atoms with E-state index in [4.69, 9.17) is 0 Å². The average molecular weight is 321 g/mol. The highest BCUT2D eigenvalue weighted by atomic mass is 79.9. The zero-order valence-electron chi connectivity index (χ0n) is 9.98. The van der Waals surface area contributed by atoms with Gasteiger partial charge in [0.1, 0.15) is 5.82 Å². The molecule has 0 bridgehead atoms. The van der Waals surface area contributed by atoms with Crippen LogP contribution < -0.4 is 0 Å². The molecule has 1 aromatic carbocycles. The van der Waals surface area contributed by atoms with Crippen molar-refractivity contribution in [3.05, 3.63) is 28.0 Å². The smallest absolute Gasteiger partial charge is 0.331 e. The van der Waals surface area contributed by atoms with Gasteiger partial charge in [-0.15, -0.1) is 0 Å². The van der Waals surface area contributed by atoms with E-state index in [2.05, 4.69) is 20.9 Å². The van der Waals surface area contributed by atoms with Gasteiger partial charge in [-0.05, 0) is 17.7 Å². The summed E-state index contributed by atoms with van der Waals surface area (Å²) in [6.07, 6.45) is -4.39. The Morgan fingerprint density at radius 3 is 2.56 bits per heavy atom. The number of rotatable bonds is 2. The van der Waals surface area contributed by atoms with Crippen LogP contribution in [0.5, 0.6) is 0 Å². The molecule has 0 radical (unpaired) electrons. The third-order valence-corrected chi connectivity index (χ3v) is 3.59. The molecule has 0 amide bonds. The lowest BCUT2D eigenvalue weighted by atomic mass is 10.1. The summed E-state index contributed by atoms with van der Waals surface area (Å²) in [4.78, 5) is 4.38. The lowest BCUT2D eigenvalue weighted by molar-refractivity contribution is -0.127. The minimum absolute atomic E-state index is 0.237. The van der Waals surface area contributed by atoms with Gasteiger partial charge in [-0.1, -0.05) is 22.9 Å². The van der Waals surface area contributed by atoms with Crippen LogP contribution in [0.4, 0.5) is 13.2 Å². The number of halogens is 4. The Kier molecular flexibility index (Phi) is 3.40. The molecule has 0 unspecified atom stereocenters. The number of hydrogen-bond acceptors (Lipinski definition) is 1. The molecule has 0 aliphatic rings. The maximum absolute atomic E-state index is 12.5. The first-order valence-electron chi connectivity index (χ1n) is 5.52. The molecule has 1 heterocycles.